The highest BCUT2D eigenvalue weighted by atomic mass is 14.9. The van der Waals surface area contributed by atoms with E-state index < -0.39 is 0 Å². The van der Waals surface area contributed by atoms with Crippen LogP contribution < -0.4 is 0 Å². The van der Waals surface area contributed by atoms with E-state index in [1.54, 1.807) is 0 Å². The Labute approximate surface area is 126 Å². The van der Waals surface area contributed by atoms with Gasteiger partial charge in [0.15, 0.2) is 0 Å². The lowest BCUT2D eigenvalue weighted by atomic mass is 9.69. The molecule has 0 aliphatic heterocycles. The summed E-state index contributed by atoms with van der Waals surface area (Å²) in [6, 6.07) is 0. The number of nitrogens with zero attached hydrogens (tertiary/aromatic N) is 3. The molecule has 3 heteroatoms. The van der Waals surface area contributed by atoms with Crippen LogP contribution in [-0.4, -0.2) is 16.2 Å². The minimum absolute atomic E-state index is 0.182. The SMILES string of the molecule is C=C1CC(C)(C)CC(=C)C1/C=N/c1cnc(C2CC2)nc1. The molecule has 0 bridgehead atoms. The van der Waals surface area contributed by atoms with E-state index in [4.69, 9.17) is 0 Å². The van der Waals surface area contributed by atoms with Gasteiger partial charge >= 0.3 is 0 Å². The molecule has 2 aliphatic rings. The van der Waals surface area contributed by atoms with E-state index in [9.17, 15) is 0 Å². The Kier molecular flexibility index (Phi) is 3.52. The van der Waals surface area contributed by atoms with Gasteiger partial charge in [-0.2, -0.15) is 0 Å². The molecule has 0 aromatic carbocycles. The molecule has 1 heterocycles. The van der Waals surface area contributed by atoms with Crippen molar-refractivity contribution >= 4 is 11.9 Å². The van der Waals surface area contributed by atoms with Gasteiger partial charge < -0.3 is 0 Å². The van der Waals surface area contributed by atoms with Gasteiger partial charge in [0.2, 0.25) is 0 Å². The van der Waals surface area contributed by atoms with Crippen LogP contribution in [0.2, 0.25) is 0 Å². The summed E-state index contributed by atoms with van der Waals surface area (Å²) in [4.78, 5) is 13.3. The maximum absolute atomic E-state index is 4.53. The molecule has 3 nitrogen and oxygen atoms in total. The van der Waals surface area contributed by atoms with Crippen molar-refractivity contribution in [2.75, 3.05) is 0 Å². The summed E-state index contributed by atoms with van der Waals surface area (Å²) in [5.74, 6) is 1.73. The van der Waals surface area contributed by atoms with Crippen molar-refractivity contribution in [3.63, 3.8) is 0 Å². The molecule has 2 saturated carbocycles. The number of allylic oxidation sites excluding steroid dienone is 2. The van der Waals surface area contributed by atoms with Crippen LogP contribution in [0.1, 0.15) is 51.3 Å². The molecule has 0 N–H and O–H groups in total. The fourth-order valence-corrected chi connectivity index (χ4v) is 3.12. The van der Waals surface area contributed by atoms with Crippen LogP contribution in [-0.2, 0) is 0 Å². The highest BCUT2D eigenvalue weighted by molar-refractivity contribution is 5.72. The van der Waals surface area contributed by atoms with Crippen molar-refractivity contribution < 1.29 is 0 Å². The molecule has 2 fully saturated rings. The largest absolute Gasteiger partial charge is 0.257 e. The Bertz CT molecular complexity index is 571. The van der Waals surface area contributed by atoms with E-state index in [1.165, 1.54) is 24.0 Å². The van der Waals surface area contributed by atoms with E-state index >= 15 is 0 Å². The van der Waals surface area contributed by atoms with Gasteiger partial charge in [0, 0.05) is 18.1 Å². The molecule has 1 aromatic heterocycles. The second-order valence-electron chi connectivity index (χ2n) is 7.16. The molecular weight excluding hydrogens is 258 g/mol. The summed E-state index contributed by atoms with van der Waals surface area (Å²) < 4.78 is 0. The second-order valence-corrected chi connectivity index (χ2v) is 7.16. The lowest BCUT2D eigenvalue weighted by Crippen LogP contribution is -2.25. The zero-order valence-electron chi connectivity index (χ0n) is 13.0. The van der Waals surface area contributed by atoms with Crippen LogP contribution in [0.5, 0.6) is 0 Å². The lowest BCUT2D eigenvalue weighted by molar-refractivity contribution is 0.323. The smallest absolute Gasteiger partial charge is 0.131 e. The van der Waals surface area contributed by atoms with E-state index in [2.05, 4.69) is 42.0 Å². The highest BCUT2D eigenvalue weighted by Crippen LogP contribution is 2.43. The van der Waals surface area contributed by atoms with Gasteiger partial charge in [-0.3, -0.25) is 4.99 Å². The van der Waals surface area contributed by atoms with Crippen molar-refractivity contribution in [2.45, 2.75) is 45.4 Å². The average molecular weight is 281 g/mol. The topological polar surface area (TPSA) is 38.1 Å². The fraction of sp³-hybridized carbons (Fsp3) is 0.500. The van der Waals surface area contributed by atoms with Crippen LogP contribution >= 0.6 is 0 Å². The van der Waals surface area contributed by atoms with Gasteiger partial charge in [0.1, 0.15) is 5.82 Å². The molecule has 0 radical (unpaired) electrons. The summed E-state index contributed by atoms with van der Waals surface area (Å²) in [7, 11) is 0. The molecule has 0 saturated heterocycles. The molecular formula is C18H23N3. The number of hydrogen-bond donors (Lipinski definition) is 0. The van der Waals surface area contributed by atoms with Crippen LogP contribution in [0.15, 0.2) is 41.7 Å². The highest BCUT2D eigenvalue weighted by Gasteiger charge is 2.31. The molecule has 0 spiro atoms. The van der Waals surface area contributed by atoms with Gasteiger partial charge in [0.25, 0.3) is 0 Å². The first kappa shape index (κ1) is 14.2. The monoisotopic (exact) mass is 281 g/mol. The molecule has 0 atom stereocenters. The summed E-state index contributed by atoms with van der Waals surface area (Å²) >= 11 is 0. The average Bonchev–Trinajstić information content (AvgIpc) is 3.21. The first-order valence-corrected chi connectivity index (χ1v) is 7.66. The van der Waals surface area contributed by atoms with Crippen LogP contribution in [0.3, 0.4) is 0 Å². The van der Waals surface area contributed by atoms with Crippen molar-refractivity contribution in [3.05, 3.63) is 42.5 Å². The van der Waals surface area contributed by atoms with Gasteiger partial charge in [-0.25, -0.2) is 9.97 Å². The maximum atomic E-state index is 4.53. The van der Waals surface area contributed by atoms with E-state index in [0.29, 0.717) is 5.92 Å². The molecule has 110 valence electrons. The van der Waals surface area contributed by atoms with E-state index in [0.717, 1.165) is 24.4 Å². The molecule has 0 unspecified atom stereocenters. The Hall–Kier alpha value is -1.77. The predicted octanol–water partition coefficient (Wildman–Crippen LogP) is 4.60. The molecule has 1 aromatic rings. The van der Waals surface area contributed by atoms with Gasteiger partial charge in [-0.1, -0.05) is 38.2 Å². The van der Waals surface area contributed by atoms with Gasteiger partial charge in [-0.15, -0.1) is 0 Å². The summed E-state index contributed by atoms with van der Waals surface area (Å²) in [6.45, 7) is 13.0. The number of aliphatic imine (C=N–C) groups is 1. The number of aromatic nitrogens is 2. The predicted molar refractivity (Wildman–Crippen MR) is 86.9 cm³/mol. The third-order valence-electron chi connectivity index (χ3n) is 4.26. The molecule has 2 aliphatic carbocycles. The summed E-state index contributed by atoms with van der Waals surface area (Å²) in [5, 5.41) is 0. The summed E-state index contributed by atoms with van der Waals surface area (Å²) in [6.07, 6.45) is 10.1. The minimum atomic E-state index is 0.182. The molecule has 0 amide bonds. The molecule has 21 heavy (non-hydrogen) atoms. The van der Waals surface area contributed by atoms with E-state index in [1.807, 2.05) is 18.6 Å². The number of rotatable bonds is 3. The zero-order chi connectivity index (χ0) is 15.0. The number of hydrogen-bond acceptors (Lipinski definition) is 3. The summed E-state index contributed by atoms with van der Waals surface area (Å²) in [5.41, 5.74) is 3.49. The van der Waals surface area contributed by atoms with Crippen LogP contribution in [0, 0.1) is 11.3 Å². The Morgan fingerprint density at radius 2 is 1.71 bits per heavy atom. The quantitative estimate of drug-likeness (QED) is 0.599. The Morgan fingerprint density at radius 3 is 2.24 bits per heavy atom. The van der Waals surface area contributed by atoms with Crippen LogP contribution in [0.25, 0.3) is 0 Å². The van der Waals surface area contributed by atoms with Crippen LogP contribution in [0.4, 0.5) is 5.69 Å². The van der Waals surface area contributed by atoms with Crippen molar-refractivity contribution in [1.29, 1.82) is 0 Å². The standard InChI is InChI=1S/C18H23N3/c1-12-7-18(3,4)8-13(2)16(12)11-19-15-9-20-17(21-10-15)14-5-6-14/h9-11,14,16H,1-2,5-8H2,3-4H3/b19-11+. The van der Waals surface area contributed by atoms with Crippen molar-refractivity contribution in [1.82, 2.24) is 9.97 Å². The first-order chi connectivity index (χ1) is 9.94. The van der Waals surface area contributed by atoms with E-state index in [-0.39, 0.29) is 11.3 Å². The van der Waals surface area contributed by atoms with Gasteiger partial charge in [0.05, 0.1) is 18.1 Å². The fourth-order valence-electron chi connectivity index (χ4n) is 3.12. The Morgan fingerprint density at radius 1 is 1.14 bits per heavy atom. The van der Waals surface area contributed by atoms with Crippen molar-refractivity contribution in [3.8, 4) is 0 Å². The minimum Gasteiger partial charge on any atom is -0.257 e. The first-order valence-electron chi connectivity index (χ1n) is 7.66. The lowest BCUT2D eigenvalue weighted by Gasteiger charge is -2.36. The van der Waals surface area contributed by atoms with Gasteiger partial charge in [-0.05, 0) is 31.1 Å². The van der Waals surface area contributed by atoms with Crippen molar-refractivity contribution in [2.24, 2.45) is 16.3 Å². The normalized spacial score (nSPS) is 23.0. The molecule has 3 rings (SSSR count). The Balaban J connectivity index is 1.70. The maximum Gasteiger partial charge on any atom is 0.131 e. The second kappa shape index (κ2) is 5.21. The third-order valence-corrected chi connectivity index (χ3v) is 4.26. The third kappa shape index (κ3) is 3.29. The zero-order valence-corrected chi connectivity index (χ0v) is 13.0.